The van der Waals surface area contributed by atoms with E-state index in [1.807, 2.05) is 12.1 Å². The molecule has 0 unspecified atom stereocenters. The summed E-state index contributed by atoms with van der Waals surface area (Å²) in [4.78, 5) is 4.55. The Kier molecular flexibility index (Phi) is 5.39. The Balaban J connectivity index is 1.81. The number of nitrogens with zero attached hydrogens (tertiary/aromatic N) is 1. The van der Waals surface area contributed by atoms with Gasteiger partial charge in [0.1, 0.15) is 10.8 Å². The smallest absolute Gasteiger partial charge is 0.192 e. The lowest BCUT2D eigenvalue weighted by atomic mass is 10.1. The fraction of sp³-hybridized carbons (Fsp3) is 0.318. The molecule has 1 heterocycles. The minimum absolute atomic E-state index is 0.185. The Morgan fingerprint density at radius 1 is 1.19 bits per heavy atom. The summed E-state index contributed by atoms with van der Waals surface area (Å²) in [5, 5.41) is 1.00. The fourth-order valence-electron chi connectivity index (χ4n) is 2.48. The van der Waals surface area contributed by atoms with E-state index < -0.39 is 8.32 Å². The SMILES string of the molecule is C=C(c1cccc(CO[Si](C)(C)C(C)(C)C)c1)c1nc2cc(F)ccc2s1. The monoisotopic (exact) mass is 399 g/mol. The average molecular weight is 400 g/mol. The number of fused-ring (bicyclic) bond motifs is 1. The summed E-state index contributed by atoms with van der Waals surface area (Å²) in [6.07, 6.45) is 0. The predicted molar refractivity (Wildman–Crippen MR) is 116 cm³/mol. The van der Waals surface area contributed by atoms with Crippen LogP contribution in [0.3, 0.4) is 0 Å². The molecule has 0 radical (unpaired) electrons. The highest BCUT2D eigenvalue weighted by Crippen LogP contribution is 2.37. The van der Waals surface area contributed by atoms with Crippen LogP contribution in [0.5, 0.6) is 0 Å². The topological polar surface area (TPSA) is 22.1 Å². The molecular formula is C22H26FNOSSi. The van der Waals surface area contributed by atoms with Gasteiger partial charge in [0.05, 0.1) is 16.8 Å². The molecule has 5 heteroatoms. The van der Waals surface area contributed by atoms with Gasteiger partial charge in [-0.25, -0.2) is 9.37 Å². The highest BCUT2D eigenvalue weighted by molar-refractivity contribution is 7.19. The van der Waals surface area contributed by atoms with Gasteiger partial charge in [0.2, 0.25) is 0 Å². The van der Waals surface area contributed by atoms with Crippen molar-refractivity contribution >= 4 is 35.4 Å². The highest BCUT2D eigenvalue weighted by Gasteiger charge is 2.37. The summed E-state index contributed by atoms with van der Waals surface area (Å²) in [6.45, 7) is 16.1. The molecule has 0 bridgehead atoms. The van der Waals surface area contributed by atoms with Crippen molar-refractivity contribution in [3.8, 4) is 0 Å². The number of rotatable bonds is 5. The van der Waals surface area contributed by atoms with Crippen LogP contribution in [-0.4, -0.2) is 13.3 Å². The van der Waals surface area contributed by atoms with Crippen molar-refractivity contribution in [2.75, 3.05) is 0 Å². The molecule has 0 atom stereocenters. The maximum absolute atomic E-state index is 13.4. The van der Waals surface area contributed by atoms with Crippen molar-refractivity contribution in [1.29, 1.82) is 0 Å². The first-order valence-corrected chi connectivity index (χ1v) is 12.8. The van der Waals surface area contributed by atoms with Gasteiger partial charge in [-0.15, -0.1) is 11.3 Å². The van der Waals surface area contributed by atoms with Crippen LogP contribution in [0.25, 0.3) is 15.8 Å². The number of hydrogen-bond acceptors (Lipinski definition) is 3. The van der Waals surface area contributed by atoms with E-state index in [-0.39, 0.29) is 10.9 Å². The number of halogens is 1. The molecule has 0 amide bonds. The zero-order chi connectivity index (χ0) is 19.8. The van der Waals surface area contributed by atoms with Crippen LogP contribution in [0.15, 0.2) is 49.0 Å². The molecule has 0 spiro atoms. The van der Waals surface area contributed by atoms with Gasteiger partial charge in [-0.05, 0) is 47.5 Å². The summed E-state index contributed by atoms with van der Waals surface area (Å²) in [5.41, 5.74) is 3.68. The Morgan fingerprint density at radius 2 is 1.93 bits per heavy atom. The lowest BCUT2D eigenvalue weighted by Gasteiger charge is -2.36. The van der Waals surface area contributed by atoms with Gasteiger partial charge < -0.3 is 4.43 Å². The van der Waals surface area contributed by atoms with Gasteiger partial charge >= 0.3 is 0 Å². The zero-order valence-corrected chi connectivity index (χ0v) is 18.4. The quantitative estimate of drug-likeness (QED) is 0.430. The lowest BCUT2D eigenvalue weighted by Crippen LogP contribution is -2.40. The van der Waals surface area contributed by atoms with E-state index in [4.69, 9.17) is 4.43 Å². The molecule has 27 heavy (non-hydrogen) atoms. The maximum Gasteiger partial charge on any atom is 0.192 e. The van der Waals surface area contributed by atoms with Crippen LogP contribution in [-0.2, 0) is 11.0 Å². The highest BCUT2D eigenvalue weighted by atomic mass is 32.1. The summed E-state index contributed by atoms with van der Waals surface area (Å²) in [7, 11) is -1.79. The maximum atomic E-state index is 13.4. The van der Waals surface area contributed by atoms with E-state index in [0.717, 1.165) is 26.4 Å². The first-order valence-electron chi connectivity index (χ1n) is 9.05. The van der Waals surface area contributed by atoms with E-state index in [9.17, 15) is 4.39 Å². The van der Waals surface area contributed by atoms with Crippen LogP contribution < -0.4 is 0 Å². The van der Waals surface area contributed by atoms with E-state index in [1.54, 1.807) is 6.07 Å². The van der Waals surface area contributed by atoms with Gasteiger partial charge in [-0.1, -0.05) is 45.5 Å². The zero-order valence-electron chi connectivity index (χ0n) is 16.6. The third-order valence-electron chi connectivity index (χ3n) is 5.29. The number of benzene rings is 2. The standard InChI is InChI=1S/C22H26FNOSSi/c1-15(21-24-19-13-18(23)10-11-20(19)26-21)17-9-7-8-16(12-17)14-25-27(5,6)22(2,3)4/h7-13H,1,14H2,2-6H3. The van der Waals surface area contributed by atoms with Gasteiger partial charge in [-0.2, -0.15) is 0 Å². The third-order valence-corrected chi connectivity index (χ3v) is 10.9. The van der Waals surface area contributed by atoms with Crippen molar-refractivity contribution in [3.63, 3.8) is 0 Å². The Labute approximate surface area is 165 Å². The van der Waals surface area contributed by atoms with Gasteiger partial charge in [0.25, 0.3) is 0 Å². The molecule has 0 fully saturated rings. The molecule has 0 saturated heterocycles. The van der Waals surface area contributed by atoms with Crippen LogP contribution in [0.1, 0.15) is 36.9 Å². The predicted octanol–water partition coefficient (Wildman–Crippen LogP) is 7.02. The molecule has 3 rings (SSSR count). The molecule has 2 nitrogen and oxygen atoms in total. The van der Waals surface area contributed by atoms with Crippen molar-refractivity contribution in [2.24, 2.45) is 0 Å². The Bertz CT molecular complexity index is 987. The number of hydrogen-bond donors (Lipinski definition) is 0. The molecule has 0 aliphatic rings. The van der Waals surface area contributed by atoms with Crippen molar-refractivity contribution in [3.05, 3.63) is 71.0 Å². The molecule has 0 saturated carbocycles. The van der Waals surface area contributed by atoms with Crippen molar-refractivity contribution in [1.82, 2.24) is 4.98 Å². The van der Waals surface area contributed by atoms with Crippen LogP contribution >= 0.6 is 11.3 Å². The van der Waals surface area contributed by atoms with Crippen LogP contribution in [0, 0.1) is 5.82 Å². The fourth-order valence-corrected chi connectivity index (χ4v) is 4.38. The molecule has 1 aromatic heterocycles. The van der Waals surface area contributed by atoms with Crippen molar-refractivity contribution < 1.29 is 8.82 Å². The van der Waals surface area contributed by atoms with Crippen molar-refractivity contribution in [2.45, 2.75) is 45.5 Å². The largest absolute Gasteiger partial charge is 0.413 e. The lowest BCUT2D eigenvalue weighted by molar-refractivity contribution is 0.276. The second-order valence-corrected chi connectivity index (χ2v) is 14.2. The minimum atomic E-state index is -1.79. The average Bonchev–Trinajstić information content (AvgIpc) is 3.01. The summed E-state index contributed by atoms with van der Waals surface area (Å²) >= 11 is 1.53. The number of thiazole rings is 1. The summed E-state index contributed by atoms with van der Waals surface area (Å²) in [5.74, 6) is -0.269. The number of aromatic nitrogens is 1. The molecule has 142 valence electrons. The van der Waals surface area contributed by atoms with Crippen LogP contribution in [0.2, 0.25) is 18.1 Å². The molecule has 0 aliphatic carbocycles. The van der Waals surface area contributed by atoms with Gasteiger partial charge in [0.15, 0.2) is 8.32 Å². The van der Waals surface area contributed by atoms with E-state index in [0.29, 0.717) is 12.1 Å². The van der Waals surface area contributed by atoms with Gasteiger partial charge in [-0.3, -0.25) is 0 Å². The molecule has 3 aromatic rings. The summed E-state index contributed by atoms with van der Waals surface area (Å²) < 4.78 is 20.7. The van der Waals surface area contributed by atoms with Gasteiger partial charge in [0, 0.05) is 11.6 Å². The van der Waals surface area contributed by atoms with E-state index >= 15 is 0 Å². The van der Waals surface area contributed by atoms with Crippen LogP contribution in [0.4, 0.5) is 4.39 Å². The van der Waals surface area contributed by atoms with E-state index in [2.05, 4.69) is 57.6 Å². The second-order valence-electron chi connectivity index (χ2n) is 8.36. The normalized spacial score (nSPS) is 12.5. The molecular weight excluding hydrogens is 373 g/mol. The Hall–Kier alpha value is -1.82. The van der Waals surface area contributed by atoms with E-state index in [1.165, 1.54) is 23.5 Å². The molecule has 0 N–H and O–H groups in total. The third kappa shape index (κ3) is 4.37. The molecule has 0 aliphatic heterocycles. The summed E-state index contributed by atoms with van der Waals surface area (Å²) in [6, 6.07) is 12.9. The first-order chi connectivity index (χ1) is 12.6. The first kappa shape index (κ1) is 19.9. The minimum Gasteiger partial charge on any atom is -0.413 e. The Morgan fingerprint density at radius 3 is 2.63 bits per heavy atom. The second kappa shape index (κ2) is 7.30. The molecule has 2 aromatic carbocycles.